The van der Waals surface area contributed by atoms with Crippen LogP contribution in [0.4, 0.5) is 5.00 Å². The van der Waals surface area contributed by atoms with Gasteiger partial charge in [-0.05, 0) is 62.9 Å². The summed E-state index contributed by atoms with van der Waals surface area (Å²) in [5.74, 6) is -1.77. The summed E-state index contributed by atoms with van der Waals surface area (Å²) in [7, 11) is 0. The Kier molecular flexibility index (Phi) is 6.07. The van der Waals surface area contributed by atoms with E-state index in [1.807, 2.05) is 49.6 Å². The maximum atomic E-state index is 12.7. The van der Waals surface area contributed by atoms with E-state index in [2.05, 4.69) is 5.32 Å². The predicted molar refractivity (Wildman–Crippen MR) is 116 cm³/mol. The summed E-state index contributed by atoms with van der Waals surface area (Å²) < 4.78 is 7.35. The number of aryl methyl sites for hydroxylation is 2. The first-order valence-corrected chi connectivity index (χ1v) is 10.2. The van der Waals surface area contributed by atoms with Crippen molar-refractivity contribution in [2.45, 2.75) is 33.8 Å². The molecule has 2 aromatic heterocycles. The third-order valence-corrected chi connectivity index (χ3v) is 5.56. The summed E-state index contributed by atoms with van der Waals surface area (Å²) in [5, 5.41) is 4.56. The minimum absolute atomic E-state index is 0.216. The molecule has 0 aliphatic rings. The highest BCUT2D eigenvalue weighted by Crippen LogP contribution is 2.24. The van der Waals surface area contributed by atoms with E-state index < -0.39 is 23.9 Å². The van der Waals surface area contributed by atoms with Gasteiger partial charge in [-0.25, -0.2) is 4.79 Å². The number of hydrogen-bond donors (Lipinski definition) is 2. The quantitative estimate of drug-likeness (QED) is 0.587. The first-order chi connectivity index (χ1) is 14.2. The Balaban J connectivity index is 1.76. The average molecular weight is 426 g/mol. The van der Waals surface area contributed by atoms with Crippen molar-refractivity contribution < 1.29 is 19.1 Å². The number of amides is 2. The number of nitrogens with zero attached hydrogens (tertiary/aromatic N) is 1. The first-order valence-electron chi connectivity index (χ1n) is 9.34. The number of rotatable bonds is 6. The van der Waals surface area contributed by atoms with Crippen LogP contribution >= 0.6 is 11.3 Å². The molecular formula is C22H23N3O4S. The van der Waals surface area contributed by atoms with Crippen LogP contribution in [-0.2, 0) is 9.53 Å². The van der Waals surface area contributed by atoms with Crippen molar-refractivity contribution in [1.29, 1.82) is 0 Å². The van der Waals surface area contributed by atoms with Crippen molar-refractivity contribution >= 4 is 34.1 Å². The normalized spacial score (nSPS) is 11.7. The zero-order valence-corrected chi connectivity index (χ0v) is 18.0. The molecule has 3 rings (SSSR count). The lowest BCUT2D eigenvalue weighted by Gasteiger charge is -2.14. The molecule has 2 heterocycles. The molecule has 3 N–H and O–H groups in total. The van der Waals surface area contributed by atoms with Crippen molar-refractivity contribution in [3.63, 3.8) is 0 Å². The molecule has 3 aromatic rings. The average Bonchev–Trinajstić information content (AvgIpc) is 3.25. The van der Waals surface area contributed by atoms with E-state index in [0.717, 1.165) is 22.6 Å². The highest BCUT2D eigenvalue weighted by atomic mass is 32.1. The number of nitrogens with two attached hydrogens (primary N) is 1. The molecule has 0 saturated heterocycles. The fraction of sp³-hybridized carbons (Fsp3) is 0.227. The van der Waals surface area contributed by atoms with Gasteiger partial charge in [-0.15, -0.1) is 11.3 Å². The van der Waals surface area contributed by atoms with Gasteiger partial charge >= 0.3 is 5.97 Å². The number of benzene rings is 1. The van der Waals surface area contributed by atoms with Crippen molar-refractivity contribution in [3.05, 3.63) is 69.9 Å². The Bertz CT molecular complexity index is 1130. The van der Waals surface area contributed by atoms with E-state index in [1.165, 1.54) is 24.3 Å². The molecule has 0 aliphatic heterocycles. The summed E-state index contributed by atoms with van der Waals surface area (Å²) >= 11 is 1.17. The van der Waals surface area contributed by atoms with E-state index in [4.69, 9.17) is 10.5 Å². The van der Waals surface area contributed by atoms with Crippen LogP contribution in [0.5, 0.6) is 0 Å². The number of aromatic nitrogens is 1. The Morgan fingerprint density at radius 2 is 1.83 bits per heavy atom. The van der Waals surface area contributed by atoms with Crippen LogP contribution in [0.15, 0.2) is 41.8 Å². The lowest BCUT2D eigenvalue weighted by Crippen LogP contribution is -2.30. The van der Waals surface area contributed by atoms with Gasteiger partial charge in [-0.3, -0.25) is 9.59 Å². The molecule has 1 aromatic carbocycles. The molecule has 0 spiro atoms. The molecule has 7 nitrogen and oxygen atoms in total. The van der Waals surface area contributed by atoms with Gasteiger partial charge in [0.05, 0.1) is 11.1 Å². The van der Waals surface area contributed by atoms with Crippen molar-refractivity contribution in [1.82, 2.24) is 4.57 Å². The molecule has 30 heavy (non-hydrogen) atoms. The molecule has 0 aliphatic carbocycles. The summed E-state index contributed by atoms with van der Waals surface area (Å²) in [6.45, 7) is 7.22. The van der Waals surface area contributed by atoms with Crippen LogP contribution in [0.3, 0.4) is 0 Å². The van der Waals surface area contributed by atoms with E-state index in [9.17, 15) is 14.4 Å². The number of hydrogen-bond acceptors (Lipinski definition) is 5. The highest BCUT2D eigenvalue weighted by molar-refractivity contribution is 7.14. The van der Waals surface area contributed by atoms with Crippen molar-refractivity contribution in [2.24, 2.45) is 5.73 Å². The smallest absolute Gasteiger partial charge is 0.340 e. The van der Waals surface area contributed by atoms with Gasteiger partial charge in [-0.1, -0.05) is 12.1 Å². The minimum atomic E-state index is -1.05. The Morgan fingerprint density at radius 1 is 1.10 bits per heavy atom. The van der Waals surface area contributed by atoms with Crippen LogP contribution in [0.2, 0.25) is 0 Å². The van der Waals surface area contributed by atoms with Gasteiger partial charge < -0.3 is 20.4 Å². The van der Waals surface area contributed by atoms with Gasteiger partial charge in [0, 0.05) is 17.1 Å². The zero-order chi connectivity index (χ0) is 22.0. The first kappa shape index (κ1) is 21.3. The fourth-order valence-electron chi connectivity index (χ4n) is 3.23. The summed E-state index contributed by atoms with van der Waals surface area (Å²) in [6, 6.07) is 11.2. The van der Waals surface area contributed by atoms with Crippen molar-refractivity contribution in [3.8, 4) is 5.69 Å². The number of primary amides is 1. The summed E-state index contributed by atoms with van der Waals surface area (Å²) in [4.78, 5) is 36.6. The molecule has 0 fully saturated rings. The number of esters is 1. The lowest BCUT2D eigenvalue weighted by atomic mass is 10.2. The molecule has 156 valence electrons. The standard InChI is InChI=1S/C22H23N3O4S/c1-12-6-5-7-16(10-12)25-13(2)11-18(14(25)3)22(28)29-15(4)20(27)24-21-17(19(23)26)8-9-30-21/h5-11,15H,1-4H3,(H2,23,26)(H,24,27). The fourth-order valence-corrected chi connectivity index (χ4v) is 4.02. The largest absolute Gasteiger partial charge is 0.449 e. The molecule has 2 amide bonds. The molecule has 0 bridgehead atoms. The third-order valence-electron chi connectivity index (χ3n) is 4.73. The maximum absolute atomic E-state index is 12.7. The van der Waals surface area contributed by atoms with E-state index in [-0.39, 0.29) is 5.56 Å². The number of nitrogens with one attached hydrogen (secondary N) is 1. The van der Waals surface area contributed by atoms with Crippen LogP contribution < -0.4 is 11.1 Å². The van der Waals surface area contributed by atoms with Crippen molar-refractivity contribution in [2.75, 3.05) is 5.32 Å². The van der Waals surface area contributed by atoms with E-state index in [0.29, 0.717) is 10.6 Å². The second-order valence-electron chi connectivity index (χ2n) is 7.02. The second kappa shape index (κ2) is 8.54. The Labute approximate surface area is 178 Å². The van der Waals surface area contributed by atoms with Crippen LogP contribution in [0, 0.1) is 20.8 Å². The van der Waals surface area contributed by atoms with Gasteiger partial charge in [-0.2, -0.15) is 0 Å². The molecule has 0 radical (unpaired) electrons. The number of thiophene rings is 1. The predicted octanol–water partition coefficient (Wildman–Crippen LogP) is 3.75. The van der Waals surface area contributed by atoms with Gasteiger partial charge in [0.25, 0.3) is 11.8 Å². The van der Waals surface area contributed by atoms with Crippen LogP contribution in [0.25, 0.3) is 5.69 Å². The summed E-state index contributed by atoms with van der Waals surface area (Å²) in [5.41, 5.74) is 9.56. The minimum Gasteiger partial charge on any atom is -0.449 e. The molecule has 0 saturated carbocycles. The SMILES string of the molecule is Cc1cccc(-n2c(C)cc(C(=O)OC(C)C(=O)Nc3sccc3C(N)=O)c2C)c1. The van der Waals surface area contributed by atoms with Gasteiger partial charge in [0.2, 0.25) is 0 Å². The number of ether oxygens (including phenoxy) is 1. The number of carbonyl (C=O) groups is 3. The monoisotopic (exact) mass is 425 g/mol. The van der Waals surface area contributed by atoms with Gasteiger partial charge in [0.1, 0.15) is 5.00 Å². The molecular weight excluding hydrogens is 402 g/mol. The lowest BCUT2D eigenvalue weighted by molar-refractivity contribution is -0.123. The topological polar surface area (TPSA) is 103 Å². The Hall–Kier alpha value is -3.39. The Morgan fingerprint density at radius 3 is 2.50 bits per heavy atom. The number of anilines is 1. The second-order valence-corrected chi connectivity index (χ2v) is 7.94. The highest BCUT2D eigenvalue weighted by Gasteiger charge is 2.24. The molecule has 1 atom stereocenters. The van der Waals surface area contributed by atoms with Crippen LogP contribution in [0.1, 0.15) is 44.6 Å². The third kappa shape index (κ3) is 4.28. The van der Waals surface area contributed by atoms with E-state index in [1.54, 1.807) is 11.4 Å². The summed E-state index contributed by atoms with van der Waals surface area (Å²) in [6.07, 6.45) is -1.05. The molecule has 8 heteroatoms. The van der Waals surface area contributed by atoms with Crippen LogP contribution in [-0.4, -0.2) is 28.5 Å². The van der Waals surface area contributed by atoms with Gasteiger partial charge in [0.15, 0.2) is 6.10 Å². The van der Waals surface area contributed by atoms with E-state index >= 15 is 0 Å². The number of carbonyl (C=O) groups excluding carboxylic acids is 3. The molecule has 1 unspecified atom stereocenters. The maximum Gasteiger partial charge on any atom is 0.340 e. The zero-order valence-electron chi connectivity index (χ0n) is 17.2.